The van der Waals surface area contributed by atoms with Crippen LogP contribution in [0.3, 0.4) is 0 Å². The summed E-state index contributed by atoms with van der Waals surface area (Å²) in [5, 5.41) is 0. The summed E-state index contributed by atoms with van der Waals surface area (Å²) in [5.74, 6) is 1.000. The zero-order chi connectivity index (χ0) is 13.0. The lowest BCUT2D eigenvalue weighted by atomic mass is 10.1. The Hall–Kier alpha value is -1.35. The van der Waals surface area contributed by atoms with E-state index in [0.29, 0.717) is 12.6 Å². The number of rotatable bonds is 5. The smallest absolute Gasteiger partial charge is 0.134 e. The van der Waals surface area contributed by atoms with E-state index in [2.05, 4.69) is 43.3 Å². The standard InChI is InChI=1S/C14H23N3/c1-6-7-17(10(2)3)14-13(9-15)11(4)8-12(5)16-14/h6,8,10H,1,7,9,15H2,2-5H3. The molecule has 0 radical (unpaired) electrons. The molecule has 0 spiro atoms. The Labute approximate surface area is 104 Å². The maximum absolute atomic E-state index is 5.84. The van der Waals surface area contributed by atoms with Crippen LogP contribution in [-0.4, -0.2) is 17.6 Å². The molecule has 1 aromatic heterocycles. The molecule has 3 nitrogen and oxygen atoms in total. The van der Waals surface area contributed by atoms with E-state index >= 15 is 0 Å². The van der Waals surface area contributed by atoms with Gasteiger partial charge in [-0.1, -0.05) is 6.08 Å². The summed E-state index contributed by atoms with van der Waals surface area (Å²) in [5.41, 5.74) is 9.22. The first-order chi connectivity index (χ1) is 8.01. The van der Waals surface area contributed by atoms with Gasteiger partial charge in [0.15, 0.2) is 0 Å². The first kappa shape index (κ1) is 13.7. The Morgan fingerprint density at radius 1 is 1.47 bits per heavy atom. The van der Waals surface area contributed by atoms with Crippen molar-refractivity contribution in [2.45, 2.75) is 40.3 Å². The van der Waals surface area contributed by atoms with Crippen molar-refractivity contribution in [2.24, 2.45) is 5.73 Å². The zero-order valence-electron chi connectivity index (χ0n) is 11.3. The molecule has 0 aromatic carbocycles. The van der Waals surface area contributed by atoms with Crippen molar-refractivity contribution in [1.82, 2.24) is 4.98 Å². The Balaban J connectivity index is 3.29. The predicted molar refractivity (Wildman–Crippen MR) is 74.3 cm³/mol. The van der Waals surface area contributed by atoms with Crippen LogP contribution in [0.5, 0.6) is 0 Å². The van der Waals surface area contributed by atoms with Crippen LogP contribution in [0.2, 0.25) is 0 Å². The van der Waals surface area contributed by atoms with Gasteiger partial charge in [0.1, 0.15) is 5.82 Å². The molecule has 0 fully saturated rings. The molecule has 0 aliphatic carbocycles. The maximum Gasteiger partial charge on any atom is 0.134 e. The van der Waals surface area contributed by atoms with Crippen LogP contribution in [0.1, 0.15) is 30.7 Å². The fraction of sp³-hybridized carbons (Fsp3) is 0.500. The van der Waals surface area contributed by atoms with Crippen molar-refractivity contribution in [1.29, 1.82) is 0 Å². The molecule has 0 saturated carbocycles. The lowest BCUT2D eigenvalue weighted by Crippen LogP contribution is -2.33. The molecule has 0 saturated heterocycles. The minimum Gasteiger partial charge on any atom is -0.350 e. The van der Waals surface area contributed by atoms with Gasteiger partial charge < -0.3 is 10.6 Å². The lowest BCUT2D eigenvalue weighted by molar-refractivity contribution is 0.704. The van der Waals surface area contributed by atoms with Gasteiger partial charge in [-0.2, -0.15) is 0 Å². The van der Waals surface area contributed by atoms with Crippen LogP contribution < -0.4 is 10.6 Å². The van der Waals surface area contributed by atoms with Crippen molar-refractivity contribution in [3.8, 4) is 0 Å². The van der Waals surface area contributed by atoms with Crippen molar-refractivity contribution in [3.63, 3.8) is 0 Å². The average molecular weight is 233 g/mol. The highest BCUT2D eigenvalue weighted by molar-refractivity contribution is 5.52. The number of aryl methyl sites for hydroxylation is 2. The third-order valence-corrected chi connectivity index (χ3v) is 2.88. The fourth-order valence-corrected chi connectivity index (χ4v) is 2.01. The van der Waals surface area contributed by atoms with E-state index in [-0.39, 0.29) is 0 Å². The Kier molecular flexibility index (Phi) is 4.70. The van der Waals surface area contributed by atoms with Gasteiger partial charge in [0.2, 0.25) is 0 Å². The van der Waals surface area contributed by atoms with E-state index in [0.717, 1.165) is 23.6 Å². The molecule has 0 unspecified atom stereocenters. The van der Waals surface area contributed by atoms with Crippen molar-refractivity contribution in [3.05, 3.63) is 35.5 Å². The van der Waals surface area contributed by atoms with Gasteiger partial charge in [0.25, 0.3) is 0 Å². The molecule has 0 aliphatic rings. The lowest BCUT2D eigenvalue weighted by Gasteiger charge is -2.29. The van der Waals surface area contributed by atoms with Crippen LogP contribution in [0.15, 0.2) is 18.7 Å². The summed E-state index contributed by atoms with van der Waals surface area (Å²) in [4.78, 5) is 6.87. The molecule has 0 aliphatic heterocycles. The fourth-order valence-electron chi connectivity index (χ4n) is 2.01. The van der Waals surface area contributed by atoms with Crippen LogP contribution in [0.4, 0.5) is 5.82 Å². The minimum atomic E-state index is 0.381. The molecule has 94 valence electrons. The first-order valence-electron chi connectivity index (χ1n) is 6.06. The molecular formula is C14H23N3. The van der Waals surface area contributed by atoms with E-state index in [9.17, 15) is 0 Å². The summed E-state index contributed by atoms with van der Waals surface area (Å²) in [7, 11) is 0. The summed E-state index contributed by atoms with van der Waals surface area (Å²) < 4.78 is 0. The normalized spacial score (nSPS) is 10.7. The van der Waals surface area contributed by atoms with Gasteiger partial charge in [-0.05, 0) is 39.3 Å². The summed E-state index contributed by atoms with van der Waals surface area (Å²) >= 11 is 0. The van der Waals surface area contributed by atoms with E-state index < -0.39 is 0 Å². The van der Waals surface area contributed by atoms with E-state index in [1.165, 1.54) is 5.56 Å². The number of anilines is 1. The van der Waals surface area contributed by atoms with Crippen LogP contribution in [-0.2, 0) is 6.54 Å². The number of hydrogen-bond acceptors (Lipinski definition) is 3. The van der Waals surface area contributed by atoms with E-state index in [1.54, 1.807) is 0 Å². The molecule has 2 N–H and O–H groups in total. The number of hydrogen-bond donors (Lipinski definition) is 1. The summed E-state index contributed by atoms with van der Waals surface area (Å²) in [6.07, 6.45) is 1.90. The number of pyridine rings is 1. The van der Waals surface area contributed by atoms with Gasteiger partial charge in [-0.15, -0.1) is 6.58 Å². The Bertz CT molecular complexity index is 397. The zero-order valence-corrected chi connectivity index (χ0v) is 11.3. The largest absolute Gasteiger partial charge is 0.350 e. The monoisotopic (exact) mass is 233 g/mol. The van der Waals surface area contributed by atoms with Gasteiger partial charge in [0.05, 0.1) is 0 Å². The van der Waals surface area contributed by atoms with Crippen molar-refractivity contribution < 1.29 is 0 Å². The highest BCUT2D eigenvalue weighted by atomic mass is 15.2. The Morgan fingerprint density at radius 2 is 2.12 bits per heavy atom. The molecule has 17 heavy (non-hydrogen) atoms. The van der Waals surface area contributed by atoms with Gasteiger partial charge in [-0.3, -0.25) is 0 Å². The molecule has 0 bridgehead atoms. The average Bonchev–Trinajstić information content (AvgIpc) is 2.24. The highest BCUT2D eigenvalue weighted by Crippen LogP contribution is 2.23. The van der Waals surface area contributed by atoms with Gasteiger partial charge in [0, 0.05) is 30.4 Å². The quantitative estimate of drug-likeness (QED) is 0.795. The second-order valence-electron chi connectivity index (χ2n) is 4.62. The Morgan fingerprint density at radius 3 is 2.59 bits per heavy atom. The molecule has 1 heterocycles. The van der Waals surface area contributed by atoms with Crippen molar-refractivity contribution >= 4 is 5.82 Å². The van der Waals surface area contributed by atoms with Gasteiger partial charge in [-0.25, -0.2) is 4.98 Å². The second kappa shape index (κ2) is 5.82. The third kappa shape index (κ3) is 3.07. The number of nitrogens with zero attached hydrogens (tertiary/aromatic N) is 2. The molecule has 0 atom stereocenters. The molecule has 0 amide bonds. The maximum atomic E-state index is 5.84. The molecular weight excluding hydrogens is 210 g/mol. The van der Waals surface area contributed by atoms with Crippen LogP contribution >= 0.6 is 0 Å². The third-order valence-electron chi connectivity index (χ3n) is 2.88. The molecule has 1 aromatic rings. The van der Waals surface area contributed by atoms with Crippen LogP contribution in [0, 0.1) is 13.8 Å². The SMILES string of the molecule is C=CCN(c1nc(C)cc(C)c1CN)C(C)C. The van der Waals surface area contributed by atoms with E-state index in [4.69, 9.17) is 5.73 Å². The predicted octanol–water partition coefficient (Wildman–Crippen LogP) is 2.56. The van der Waals surface area contributed by atoms with Crippen molar-refractivity contribution in [2.75, 3.05) is 11.4 Å². The summed E-state index contributed by atoms with van der Waals surface area (Å²) in [6.45, 7) is 13.5. The minimum absolute atomic E-state index is 0.381. The van der Waals surface area contributed by atoms with Gasteiger partial charge >= 0.3 is 0 Å². The van der Waals surface area contributed by atoms with E-state index in [1.807, 2.05) is 13.0 Å². The topological polar surface area (TPSA) is 42.2 Å². The number of aromatic nitrogens is 1. The molecule has 1 rings (SSSR count). The summed E-state index contributed by atoms with van der Waals surface area (Å²) in [6, 6.07) is 2.46. The molecule has 3 heteroatoms. The first-order valence-corrected chi connectivity index (χ1v) is 6.06. The second-order valence-corrected chi connectivity index (χ2v) is 4.62. The highest BCUT2D eigenvalue weighted by Gasteiger charge is 2.16. The number of nitrogens with two attached hydrogens (primary N) is 1. The van der Waals surface area contributed by atoms with Crippen LogP contribution in [0.25, 0.3) is 0 Å².